The lowest BCUT2D eigenvalue weighted by Crippen LogP contribution is -2.34. The molecular formula is C20H35NO6. The van der Waals surface area contributed by atoms with Gasteiger partial charge in [-0.25, -0.2) is 9.59 Å². The number of hydrogen-bond acceptors (Lipinski definition) is 6. The average molecular weight is 386 g/mol. The Morgan fingerprint density at radius 3 is 1.96 bits per heavy atom. The number of amides is 1. The Morgan fingerprint density at radius 1 is 0.926 bits per heavy atom. The molecule has 0 saturated carbocycles. The Kier molecular flexibility index (Phi) is 10.1. The Balaban J connectivity index is 4.13. The average Bonchev–Trinajstić information content (AvgIpc) is 2.51. The molecule has 0 aliphatic heterocycles. The number of nitrogens with one attached hydrogen (secondary N) is 1. The summed E-state index contributed by atoms with van der Waals surface area (Å²) in [5, 5.41) is 2.43. The van der Waals surface area contributed by atoms with Gasteiger partial charge in [0.25, 0.3) is 0 Å². The van der Waals surface area contributed by atoms with Gasteiger partial charge in [0.15, 0.2) is 0 Å². The Bertz CT molecular complexity index is 528. The zero-order chi connectivity index (χ0) is 21.3. The zero-order valence-corrected chi connectivity index (χ0v) is 17.8. The van der Waals surface area contributed by atoms with Gasteiger partial charge in [-0.15, -0.1) is 0 Å². The molecule has 1 atom stereocenters. The monoisotopic (exact) mass is 385 g/mol. The normalized spacial score (nSPS) is 12.7. The summed E-state index contributed by atoms with van der Waals surface area (Å²) in [5.41, 5.74) is 0.0736. The van der Waals surface area contributed by atoms with Crippen molar-refractivity contribution < 1.29 is 28.6 Å². The van der Waals surface area contributed by atoms with Crippen LogP contribution >= 0.6 is 0 Å². The van der Waals surface area contributed by atoms with Crippen molar-refractivity contribution in [3.8, 4) is 0 Å². The summed E-state index contributed by atoms with van der Waals surface area (Å²) in [6.07, 6.45) is 0.0408. The molecule has 7 nitrogen and oxygen atoms in total. The molecule has 156 valence electrons. The molecular weight excluding hydrogens is 350 g/mol. The van der Waals surface area contributed by atoms with E-state index in [0.717, 1.165) is 0 Å². The molecule has 1 N–H and O–H groups in total. The van der Waals surface area contributed by atoms with E-state index in [1.807, 2.05) is 20.8 Å². The van der Waals surface area contributed by atoms with Crippen molar-refractivity contribution in [1.29, 1.82) is 0 Å². The molecule has 0 heterocycles. The molecule has 7 heteroatoms. The highest BCUT2D eigenvalue weighted by molar-refractivity contribution is 5.86. The van der Waals surface area contributed by atoms with Crippen molar-refractivity contribution in [2.45, 2.75) is 54.9 Å². The standard InChI is InChI=1S/C20H35NO6/c1-14(2)16(22)25-10-9-21-18(24)27-12-11-26-17(23)15(20(6,7)8)13-19(3,4)5/h15H,1,9-13H2,2-8H3,(H,21,24). The maximum Gasteiger partial charge on any atom is 0.407 e. The quantitative estimate of drug-likeness (QED) is 0.283. The van der Waals surface area contributed by atoms with E-state index in [-0.39, 0.29) is 49.1 Å². The predicted octanol–water partition coefficient (Wildman–Crippen LogP) is 3.47. The Morgan fingerprint density at radius 2 is 1.48 bits per heavy atom. The molecule has 0 radical (unpaired) electrons. The van der Waals surface area contributed by atoms with Gasteiger partial charge < -0.3 is 19.5 Å². The van der Waals surface area contributed by atoms with E-state index in [4.69, 9.17) is 14.2 Å². The van der Waals surface area contributed by atoms with Crippen LogP contribution in [0.5, 0.6) is 0 Å². The van der Waals surface area contributed by atoms with Gasteiger partial charge in [-0.1, -0.05) is 48.1 Å². The molecule has 0 aliphatic carbocycles. The minimum Gasteiger partial charge on any atom is -0.462 e. The fraction of sp³-hybridized carbons (Fsp3) is 0.750. The molecule has 0 aromatic carbocycles. The van der Waals surface area contributed by atoms with Gasteiger partial charge in [-0.3, -0.25) is 4.79 Å². The van der Waals surface area contributed by atoms with Gasteiger partial charge in [0.05, 0.1) is 12.5 Å². The molecule has 0 aromatic heterocycles. The van der Waals surface area contributed by atoms with Crippen molar-refractivity contribution in [2.24, 2.45) is 16.7 Å². The van der Waals surface area contributed by atoms with Crippen molar-refractivity contribution in [2.75, 3.05) is 26.4 Å². The van der Waals surface area contributed by atoms with Crippen LogP contribution < -0.4 is 5.32 Å². The molecule has 0 fully saturated rings. The first-order valence-electron chi connectivity index (χ1n) is 9.14. The molecule has 0 bridgehead atoms. The maximum absolute atomic E-state index is 12.4. The third-order valence-electron chi connectivity index (χ3n) is 3.66. The van der Waals surface area contributed by atoms with Crippen LogP contribution in [0, 0.1) is 16.7 Å². The van der Waals surface area contributed by atoms with Crippen molar-refractivity contribution in [3.63, 3.8) is 0 Å². The number of carbonyl (C=O) groups excluding carboxylic acids is 3. The first-order chi connectivity index (χ1) is 12.2. The van der Waals surface area contributed by atoms with Gasteiger partial charge in [-0.2, -0.15) is 0 Å². The second-order valence-corrected chi connectivity index (χ2v) is 8.83. The van der Waals surface area contributed by atoms with Crippen LogP contribution in [0.4, 0.5) is 4.79 Å². The smallest absolute Gasteiger partial charge is 0.407 e. The summed E-state index contributed by atoms with van der Waals surface area (Å²) in [4.78, 5) is 35.1. The van der Waals surface area contributed by atoms with E-state index in [1.165, 1.54) is 6.92 Å². The van der Waals surface area contributed by atoms with E-state index < -0.39 is 12.1 Å². The zero-order valence-electron chi connectivity index (χ0n) is 17.8. The van der Waals surface area contributed by atoms with Crippen LogP contribution in [0.15, 0.2) is 12.2 Å². The predicted molar refractivity (Wildman–Crippen MR) is 103 cm³/mol. The van der Waals surface area contributed by atoms with E-state index in [0.29, 0.717) is 12.0 Å². The van der Waals surface area contributed by atoms with Crippen molar-refractivity contribution in [1.82, 2.24) is 5.32 Å². The Hall–Kier alpha value is -2.05. The fourth-order valence-corrected chi connectivity index (χ4v) is 2.20. The topological polar surface area (TPSA) is 90.9 Å². The maximum atomic E-state index is 12.4. The van der Waals surface area contributed by atoms with Crippen molar-refractivity contribution >= 4 is 18.0 Å². The minimum absolute atomic E-state index is 0.000938. The summed E-state index contributed by atoms with van der Waals surface area (Å²) < 4.78 is 15.0. The highest BCUT2D eigenvalue weighted by Crippen LogP contribution is 2.36. The third kappa shape index (κ3) is 12.0. The van der Waals surface area contributed by atoms with Crippen LogP contribution in [-0.4, -0.2) is 44.4 Å². The summed E-state index contributed by atoms with van der Waals surface area (Å²) in [6, 6.07) is 0. The molecule has 0 aromatic rings. The minimum atomic E-state index is -0.667. The lowest BCUT2D eigenvalue weighted by molar-refractivity contribution is -0.155. The second kappa shape index (κ2) is 10.9. The molecule has 0 spiro atoms. The van der Waals surface area contributed by atoms with Gasteiger partial charge >= 0.3 is 18.0 Å². The molecule has 1 unspecified atom stereocenters. The molecule has 27 heavy (non-hydrogen) atoms. The van der Waals surface area contributed by atoms with E-state index in [2.05, 4.69) is 32.7 Å². The van der Waals surface area contributed by atoms with Crippen LogP contribution in [0.2, 0.25) is 0 Å². The number of hydrogen-bond donors (Lipinski definition) is 1. The number of carbonyl (C=O) groups is 3. The second-order valence-electron chi connectivity index (χ2n) is 8.83. The number of esters is 2. The van der Waals surface area contributed by atoms with Gasteiger partial charge in [-0.05, 0) is 24.2 Å². The summed E-state index contributed by atoms with van der Waals surface area (Å²) >= 11 is 0. The summed E-state index contributed by atoms with van der Waals surface area (Å²) in [7, 11) is 0. The third-order valence-corrected chi connectivity index (χ3v) is 3.66. The van der Waals surface area contributed by atoms with Gasteiger partial charge in [0, 0.05) is 5.57 Å². The van der Waals surface area contributed by atoms with Gasteiger partial charge in [0.1, 0.15) is 19.8 Å². The molecule has 0 saturated heterocycles. The lowest BCUT2D eigenvalue weighted by Gasteiger charge is -2.33. The van der Waals surface area contributed by atoms with Crippen LogP contribution in [0.3, 0.4) is 0 Å². The van der Waals surface area contributed by atoms with E-state index >= 15 is 0 Å². The van der Waals surface area contributed by atoms with Crippen molar-refractivity contribution in [3.05, 3.63) is 12.2 Å². The first kappa shape index (κ1) is 24.9. The number of ether oxygens (including phenoxy) is 3. The van der Waals surface area contributed by atoms with Gasteiger partial charge in [0.2, 0.25) is 0 Å². The molecule has 0 aliphatic rings. The Labute approximate surface area is 162 Å². The van der Waals surface area contributed by atoms with Crippen LogP contribution in [-0.2, 0) is 23.8 Å². The van der Waals surface area contributed by atoms with Crippen LogP contribution in [0.1, 0.15) is 54.9 Å². The summed E-state index contributed by atoms with van der Waals surface area (Å²) in [6.45, 7) is 17.4. The first-order valence-corrected chi connectivity index (χ1v) is 9.14. The molecule has 1 amide bonds. The van der Waals surface area contributed by atoms with E-state index in [9.17, 15) is 14.4 Å². The highest BCUT2D eigenvalue weighted by atomic mass is 16.6. The SMILES string of the molecule is C=C(C)C(=O)OCCNC(=O)OCCOC(=O)C(CC(C)(C)C)C(C)(C)C. The summed E-state index contributed by atoms with van der Waals surface area (Å²) in [5.74, 6) is -1.04. The lowest BCUT2D eigenvalue weighted by atomic mass is 9.72. The van der Waals surface area contributed by atoms with Crippen LogP contribution in [0.25, 0.3) is 0 Å². The largest absolute Gasteiger partial charge is 0.462 e. The van der Waals surface area contributed by atoms with E-state index in [1.54, 1.807) is 0 Å². The number of alkyl carbamates (subject to hydrolysis) is 1. The number of rotatable bonds is 9. The fourth-order valence-electron chi connectivity index (χ4n) is 2.20. The highest BCUT2D eigenvalue weighted by Gasteiger charge is 2.35. The molecule has 0 rings (SSSR count).